The summed E-state index contributed by atoms with van der Waals surface area (Å²) in [4.78, 5) is 12.8. The molecule has 2 aromatic carbocycles. The van der Waals surface area contributed by atoms with Crippen molar-refractivity contribution in [1.82, 2.24) is 0 Å². The highest BCUT2D eigenvalue weighted by atomic mass is 35.5. The summed E-state index contributed by atoms with van der Waals surface area (Å²) < 4.78 is 0. The van der Waals surface area contributed by atoms with Gasteiger partial charge in [-0.1, -0.05) is 23.2 Å². The predicted octanol–water partition coefficient (Wildman–Crippen LogP) is 3.96. The van der Waals surface area contributed by atoms with Gasteiger partial charge < -0.3 is 10.0 Å². The minimum atomic E-state index is -0.407. The number of nitrogens with zero attached hydrogens (tertiary/aromatic N) is 2. The first kappa shape index (κ1) is 16.1. The highest BCUT2D eigenvalue weighted by Crippen LogP contribution is 2.36. The number of fused-ring (bicyclic) bond motifs is 1. The largest absolute Gasteiger partial charge is 0.392 e. The topological polar surface area (TPSA) is 66.6 Å². The van der Waals surface area contributed by atoms with Crippen LogP contribution in [0.3, 0.4) is 0 Å². The van der Waals surface area contributed by atoms with Gasteiger partial charge in [-0.25, -0.2) is 0 Å². The Morgan fingerprint density at radius 1 is 1.26 bits per heavy atom. The van der Waals surface area contributed by atoms with E-state index in [9.17, 15) is 15.2 Å². The first-order valence-corrected chi connectivity index (χ1v) is 7.85. The minimum Gasteiger partial charge on any atom is -0.392 e. The molecule has 0 fully saturated rings. The third kappa shape index (κ3) is 3.13. The van der Waals surface area contributed by atoms with Crippen molar-refractivity contribution in [3.05, 3.63) is 67.2 Å². The van der Waals surface area contributed by atoms with Gasteiger partial charge in [0.1, 0.15) is 5.69 Å². The van der Waals surface area contributed by atoms with E-state index in [1.54, 1.807) is 18.2 Å². The fourth-order valence-corrected chi connectivity index (χ4v) is 3.46. The molecular formula is C16H14Cl2N2O3. The van der Waals surface area contributed by atoms with Crippen molar-refractivity contribution in [3.63, 3.8) is 0 Å². The second kappa shape index (κ2) is 6.35. The van der Waals surface area contributed by atoms with Crippen LogP contribution in [0.25, 0.3) is 0 Å². The average Bonchev–Trinajstić information content (AvgIpc) is 2.53. The maximum absolute atomic E-state index is 11.3. The second-order valence-electron chi connectivity index (χ2n) is 5.44. The number of aliphatic hydroxyl groups is 1. The molecule has 120 valence electrons. The molecular weight excluding hydrogens is 339 g/mol. The molecule has 0 radical (unpaired) electrons. The summed E-state index contributed by atoms with van der Waals surface area (Å²) in [5, 5.41) is 21.8. The molecule has 0 aromatic heterocycles. The van der Waals surface area contributed by atoms with E-state index in [1.165, 1.54) is 6.07 Å². The molecule has 1 N–H and O–H groups in total. The molecule has 0 unspecified atom stereocenters. The van der Waals surface area contributed by atoms with Crippen LogP contribution < -0.4 is 4.90 Å². The number of nitro groups is 1. The summed E-state index contributed by atoms with van der Waals surface area (Å²) in [7, 11) is 0. The van der Waals surface area contributed by atoms with Crippen LogP contribution in [0.1, 0.15) is 16.7 Å². The zero-order valence-electron chi connectivity index (χ0n) is 12.1. The van der Waals surface area contributed by atoms with Crippen molar-refractivity contribution in [2.24, 2.45) is 0 Å². The third-order valence-corrected chi connectivity index (χ3v) is 4.57. The lowest BCUT2D eigenvalue weighted by molar-refractivity contribution is -0.384. The van der Waals surface area contributed by atoms with Crippen LogP contribution >= 0.6 is 23.2 Å². The molecule has 0 bridgehead atoms. The van der Waals surface area contributed by atoms with E-state index in [1.807, 2.05) is 11.0 Å². The van der Waals surface area contributed by atoms with E-state index in [0.717, 1.165) is 11.1 Å². The van der Waals surface area contributed by atoms with E-state index in [0.29, 0.717) is 40.8 Å². The van der Waals surface area contributed by atoms with E-state index in [-0.39, 0.29) is 12.3 Å². The first-order chi connectivity index (χ1) is 11.0. The van der Waals surface area contributed by atoms with Gasteiger partial charge in [0.05, 0.1) is 11.5 Å². The number of rotatable bonds is 3. The van der Waals surface area contributed by atoms with E-state index in [2.05, 4.69) is 0 Å². The monoisotopic (exact) mass is 352 g/mol. The number of hydrogen-bond donors (Lipinski definition) is 1. The molecule has 7 heteroatoms. The van der Waals surface area contributed by atoms with Gasteiger partial charge in [-0.15, -0.1) is 0 Å². The summed E-state index contributed by atoms with van der Waals surface area (Å²) >= 11 is 12.3. The third-order valence-electron chi connectivity index (χ3n) is 4.01. The SMILES string of the molecule is O=[N+]([O-])c1ccc(CO)cc1N1CCc2cc(Cl)cc(Cl)c2C1. The first-order valence-electron chi connectivity index (χ1n) is 7.09. The highest BCUT2D eigenvalue weighted by Gasteiger charge is 2.25. The Morgan fingerprint density at radius 2 is 2.04 bits per heavy atom. The Morgan fingerprint density at radius 3 is 2.74 bits per heavy atom. The van der Waals surface area contributed by atoms with Gasteiger partial charge in [-0.05, 0) is 47.4 Å². The molecule has 3 rings (SSSR count). The van der Waals surface area contributed by atoms with Crippen molar-refractivity contribution in [2.45, 2.75) is 19.6 Å². The summed E-state index contributed by atoms with van der Waals surface area (Å²) in [5.41, 5.74) is 3.17. The maximum Gasteiger partial charge on any atom is 0.292 e. The number of anilines is 1. The Labute approximate surface area is 143 Å². The highest BCUT2D eigenvalue weighted by molar-refractivity contribution is 6.35. The fraction of sp³-hybridized carbons (Fsp3) is 0.250. The fourth-order valence-electron chi connectivity index (χ4n) is 2.86. The Balaban J connectivity index is 2.02. The van der Waals surface area contributed by atoms with Crippen LogP contribution in [0.4, 0.5) is 11.4 Å². The van der Waals surface area contributed by atoms with Crippen LogP contribution in [0.15, 0.2) is 30.3 Å². The van der Waals surface area contributed by atoms with Crippen LogP contribution in [0.2, 0.25) is 10.0 Å². The summed E-state index contributed by atoms with van der Waals surface area (Å²) in [6, 6.07) is 8.22. The van der Waals surface area contributed by atoms with Gasteiger partial charge in [0.15, 0.2) is 0 Å². The molecule has 0 saturated heterocycles. The second-order valence-corrected chi connectivity index (χ2v) is 6.28. The van der Waals surface area contributed by atoms with Crippen LogP contribution in [0.5, 0.6) is 0 Å². The van der Waals surface area contributed by atoms with Gasteiger partial charge in [0.25, 0.3) is 5.69 Å². The van der Waals surface area contributed by atoms with Crippen molar-refractivity contribution < 1.29 is 10.0 Å². The van der Waals surface area contributed by atoms with Crippen LogP contribution in [0, 0.1) is 10.1 Å². The molecule has 2 aromatic rings. The van der Waals surface area contributed by atoms with Crippen molar-refractivity contribution in [1.29, 1.82) is 0 Å². The normalized spacial score (nSPS) is 13.8. The average molecular weight is 353 g/mol. The Bertz CT molecular complexity index is 780. The zero-order valence-corrected chi connectivity index (χ0v) is 13.6. The molecule has 0 aliphatic carbocycles. The van der Waals surface area contributed by atoms with Gasteiger partial charge in [-0.2, -0.15) is 0 Å². The lowest BCUT2D eigenvalue weighted by Gasteiger charge is -2.31. The Hall–Kier alpha value is -1.82. The lowest BCUT2D eigenvalue weighted by atomic mass is 9.98. The van der Waals surface area contributed by atoms with Gasteiger partial charge in [-0.3, -0.25) is 10.1 Å². The van der Waals surface area contributed by atoms with E-state index >= 15 is 0 Å². The number of halogens is 2. The van der Waals surface area contributed by atoms with E-state index < -0.39 is 4.92 Å². The smallest absolute Gasteiger partial charge is 0.292 e. The minimum absolute atomic E-state index is 0.0238. The number of benzene rings is 2. The molecule has 1 aliphatic heterocycles. The number of hydrogen-bond acceptors (Lipinski definition) is 4. The molecule has 0 amide bonds. The lowest BCUT2D eigenvalue weighted by Crippen LogP contribution is -2.31. The molecule has 1 aliphatic rings. The zero-order chi connectivity index (χ0) is 16.6. The standard InChI is InChI=1S/C16H14Cl2N2O3/c17-12-6-11-3-4-19(8-13(11)14(18)7-12)16-5-10(9-21)1-2-15(16)20(22)23/h1-2,5-7,21H,3-4,8-9H2. The molecule has 0 saturated carbocycles. The van der Waals surface area contributed by atoms with E-state index in [4.69, 9.17) is 23.2 Å². The molecule has 0 atom stereocenters. The number of aliphatic hydroxyl groups excluding tert-OH is 1. The van der Waals surface area contributed by atoms with Crippen molar-refractivity contribution in [3.8, 4) is 0 Å². The predicted molar refractivity (Wildman–Crippen MR) is 90.2 cm³/mol. The quantitative estimate of drug-likeness (QED) is 0.670. The summed E-state index contributed by atoms with van der Waals surface area (Å²) in [6.07, 6.45) is 0.704. The number of nitro benzene ring substituents is 1. The van der Waals surface area contributed by atoms with Gasteiger partial charge in [0.2, 0.25) is 0 Å². The Kier molecular flexibility index (Phi) is 4.43. The molecule has 23 heavy (non-hydrogen) atoms. The van der Waals surface area contributed by atoms with Crippen molar-refractivity contribution >= 4 is 34.6 Å². The van der Waals surface area contributed by atoms with Crippen LogP contribution in [-0.4, -0.2) is 16.6 Å². The van der Waals surface area contributed by atoms with Gasteiger partial charge in [0, 0.05) is 29.2 Å². The maximum atomic E-state index is 11.3. The summed E-state index contributed by atoms with van der Waals surface area (Å²) in [6.45, 7) is 0.937. The molecule has 5 nitrogen and oxygen atoms in total. The molecule has 1 heterocycles. The van der Waals surface area contributed by atoms with Gasteiger partial charge >= 0.3 is 0 Å². The van der Waals surface area contributed by atoms with Crippen molar-refractivity contribution in [2.75, 3.05) is 11.4 Å². The van der Waals surface area contributed by atoms with Crippen LogP contribution in [-0.2, 0) is 19.6 Å². The molecule has 0 spiro atoms. The summed E-state index contributed by atoms with van der Waals surface area (Å²) in [5.74, 6) is 0.